The zero-order valence-electron chi connectivity index (χ0n) is 11.3. The largest absolute Gasteiger partial charge is 0.399 e. The number of fused-ring (bicyclic) bond motifs is 1. The molecule has 4 N–H and O–H groups in total. The van der Waals surface area contributed by atoms with Gasteiger partial charge in [0.25, 0.3) is 5.91 Å². The Hall–Kier alpha value is -2.08. The third-order valence-electron chi connectivity index (χ3n) is 3.98. The molecule has 2 aromatic rings. The summed E-state index contributed by atoms with van der Waals surface area (Å²) in [6, 6.07) is 5.35. The van der Waals surface area contributed by atoms with Crippen LogP contribution in [0.3, 0.4) is 0 Å². The van der Waals surface area contributed by atoms with E-state index in [0.29, 0.717) is 24.5 Å². The highest BCUT2D eigenvalue weighted by molar-refractivity contribution is 6.05. The maximum atomic E-state index is 12.5. The van der Waals surface area contributed by atoms with Crippen LogP contribution in [0.4, 0.5) is 5.69 Å². The zero-order chi connectivity index (χ0) is 14.3. The summed E-state index contributed by atoms with van der Waals surface area (Å²) in [6.07, 6.45) is 0.438. The summed E-state index contributed by atoms with van der Waals surface area (Å²) in [6.45, 7) is 3.00. The van der Waals surface area contributed by atoms with Crippen LogP contribution in [0.2, 0.25) is 0 Å². The highest BCUT2D eigenvalue weighted by atomic mass is 16.3. The molecule has 6 heteroatoms. The smallest absolute Gasteiger partial charge is 0.275 e. The first kappa shape index (κ1) is 12.9. The number of nitrogens with one attached hydrogen (secondary N) is 1. The minimum absolute atomic E-state index is 0.106. The SMILES string of the molecule is CC(O)C1CCN(C(=O)c2n[nH]c3ccc(N)cc23)C1. The van der Waals surface area contributed by atoms with E-state index < -0.39 is 0 Å². The number of nitrogens with two attached hydrogens (primary N) is 1. The number of nitrogen functional groups attached to an aromatic ring is 1. The number of H-pyrrole nitrogens is 1. The molecular weight excluding hydrogens is 256 g/mol. The van der Waals surface area contributed by atoms with Crippen LogP contribution in [0.1, 0.15) is 23.8 Å². The molecule has 0 aliphatic carbocycles. The molecule has 3 rings (SSSR count). The van der Waals surface area contributed by atoms with Crippen molar-refractivity contribution >= 4 is 22.5 Å². The number of aromatic amines is 1. The number of aliphatic hydroxyl groups is 1. The number of likely N-dealkylation sites (tertiary alicyclic amines) is 1. The Kier molecular flexibility index (Phi) is 3.10. The van der Waals surface area contributed by atoms with Gasteiger partial charge in [-0.15, -0.1) is 0 Å². The van der Waals surface area contributed by atoms with Gasteiger partial charge >= 0.3 is 0 Å². The standard InChI is InChI=1S/C14H18N4O2/c1-8(19)9-4-5-18(7-9)14(20)13-11-6-10(15)2-3-12(11)16-17-13/h2-3,6,8-9,19H,4-5,7,15H2,1H3,(H,16,17). The number of aromatic nitrogens is 2. The second-order valence-corrected chi connectivity index (χ2v) is 5.42. The molecule has 6 nitrogen and oxygen atoms in total. The number of nitrogens with zero attached hydrogens (tertiary/aromatic N) is 2. The second kappa shape index (κ2) is 4.79. The van der Waals surface area contributed by atoms with Gasteiger partial charge in [0.1, 0.15) is 0 Å². The molecular formula is C14H18N4O2. The van der Waals surface area contributed by atoms with Crippen molar-refractivity contribution in [3.63, 3.8) is 0 Å². The van der Waals surface area contributed by atoms with Crippen molar-refractivity contribution < 1.29 is 9.90 Å². The molecule has 0 bridgehead atoms. The fraction of sp³-hybridized carbons (Fsp3) is 0.429. The summed E-state index contributed by atoms with van der Waals surface area (Å²) in [7, 11) is 0. The third kappa shape index (κ3) is 2.12. The van der Waals surface area contributed by atoms with Crippen molar-refractivity contribution in [1.82, 2.24) is 15.1 Å². The monoisotopic (exact) mass is 274 g/mol. The molecule has 2 unspecified atom stereocenters. The molecule has 1 aromatic carbocycles. The van der Waals surface area contributed by atoms with Gasteiger partial charge in [0, 0.05) is 30.1 Å². The molecule has 106 valence electrons. The van der Waals surface area contributed by atoms with Gasteiger partial charge in [-0.05, 0) is 31.5 Å². The Morgan fingerprint density at radius 2 is 2.40 bits per heavy atom. The third-order valence-corrected chi connectivity index (χ3v) is 3.98. The van der Waals surface area contributed by atoms with Gasteiger partial charge in [0.05, 0.1) is 11.6 Å². The number of benzene rings is 1. The Morgan fingerprint density at radius 3 is 3.10 bits per heavy atom. The predicted molar refractivity (Wildman–Crippen MR) is 76.2 cm³/mol. The Labute approximate surface area is 116 Å². The van der Waals surface area contributed by atoms with Crippen LogP contribution in [-0.2, 0) is 0 Å². The van der Waals surface area contributed by atoms with E-state index in [9.17, 15) is 9.90 Å². The fourth-order valence-corrected chi connectivity index (χ4v) is 2.71. The summed E-state index contributed by atoms with van der Waals surface area (Å²) in [5.74, 6) is 0.0409. The van der Waals surface area contributed by atoms with Crippen molar-refractivity contribution in [2.45, 2.75) is 19.4 Å². The molecule has 2 atom stereocenters. The van der Waals surface area contributed by atoms with Crippen LogP contribution < -0.4 is 5.73 Å². The van der Waals surface area contributed by atoms with Crippen molar-refractivity contribution in [2.24, 2.45) is 5.92 Å². The lowest BCUT2D eigenvalue weighted by Gasteiger charge is -2.16. The number of amides is 1. The summed E-state index contributed by atoms with van der Waals surface area (Å²) >= 11 is 0. The maximum absolute atomic E-state index is 12.5. The van der Waals surface area contributed by atoms with E-state index in [0.717, 1.165) is 17.3 Å². The van der Waals surface area contributed by atoms with Crippen LogP contribution in [0.5, 0.6) is 0 Å². The van der Waals surface area contributed by atoms with Crippen LogP contribution in [0.15, 0.2) is 18.2 Å². The Morgan fingerprint density at radius 1 is 1.60 bits per heavy atom. The highest BCUT2D eigenvalue weighted by Crippen LogP contribution is 2.24. The van der Waals surface area contributed by atoms with Gasteiger partial charge in [-0.3, -0.25) is 9.89 Å². The molecule has 0 radical (unpaired) electrons. The molecule has 0 spiro atoms. The average molecular weight is 274 g/mol. The van der Waals surface area contributed by atoms with E-state index in [1.54, 1.807) is 24.0 Å². The van der Waals surface area contributed by atoms with E-state index in [1.807, 2.05) is 6.07 Å². The minimum Gasteiger partial charge on any atom is -0.399 e. The quantitative estimate of drug-likeness (QED) is 0.712. The lowest BCUT2D eigenvalue weighted by atomic mass is 10.0. The van der Waals surface area contributed by atoms with E-state index in [1.165, 1.54) is 0 Å². The summed E-state index contributed by atoms with van der Waals surface area (Å²) in [5, 5.41) is 17.3. The molecule has 1 amide bonds. The normalized spacial score (nSPS) is 20.5. The van der Waals surface area contributed by atoms with E-state index >= 15 is 0 Å². The molecule has 1 saturated heterocycles. The van der Waals surface area contributed by atoms with Gasteiger partial charge in [-0.1, -0.05) is 0 Å². The summed E-state index contributed by atoms with van der Waals surface area (Å²) < 4.78 is 0. The van der Waals surface area contributed by atoms with Crippen molar-refractivity contribution in [3.05, 3.63) is 23.9 Å². The Balaban J connectivity index is 1.88. The average Bonchev–Trinajstić information content (AvgIpc) is 3.04. The lowest BCUT2D eigenvalue weighted by Crippen LogP contribution is -2.30. The zero-order valence-corrected chi connectivity index (χ0v) is 11.3. The first-order valence-corrected chi connectivity index (χ1v) is 6.77. The highest BCUT2D eigenvalue weighted by Gasteiger charge is 2.31. The number of carbonyl (C=O) groups excluding carboxylic acids is 1. The number of aliphatic hydroxyl groups excluding tert-OH is 1. The van der Waals surface area contributed by atoms with Gasteiger partial charge in [0.2, 0.25) is 0 Å². The van der Waals surface area contributed by atoms with Crippen LogP contribution in [-0.4, -0.2) is 45.3 Å². The van der Waals surface area contributed by atoms with E-state index in [4.69, 9.17) is 5.73 Å². The number of rotatable bonds is 2. The van der Waals surface area contributed by atoms with Crippen molar-refractivity contribution in [2.75, 3.05) is 18.8 Å². The molecule has 20 heavy (non-hydrogen) atoms. The first-order chi connectivity index (χ1) is 9.56. The summed E-state index contributed by atoms with van der Waals surface area (Å²) in [4.78, 5) is 14.3. The first-order valence-electron chi connectivity index (χ1n) is 6.77. The topological polar surface area (TPSA) is 95.2 Å². The minimum atomic E-state index is -0.389. The second-order valence-electron chi connectivity index (χ2n) is 5.42. The van der Waals surface area contributed by atoms with Crippen molar-refractivity contribution in [3.8, 4) is 0 Å². The molecule has 1 aliphatic rings. The Bertz CT molecular complexity index is 650. The van der Waals surface area contributed by atoms with E-state index in [2.05, 4.69) is 10.2 Å². The number of anilines is 1. The fourth-order valence-electron chi connectivity index (χ4n) is 2.71. The maximum Gasteiger partial charge on any atom is 0.275 e. The van der Waals surface area contributed by atoms with Gasteiger partial charge < -0.3 is 15.7 Å². The van der Waals surface area contributed by atoms with Crippen LogP contribution >= 0.6 is 0 Å². The van der Waals surface area contributed by atoms with Crippen molar-refractivity contribution in [1.29, 1.82) is 0 Å². The van der Waals surface area contributed by atoms with E-state index in [-0.39, 0.29) is 17.9 Å². The van der Waals surface area contributed by atoms with Crippen LogP contribution in [0.25, 0.3) is 10.9 Å². The lowest BCUT2D eigenvalue weighted by molar-refractivity contribution is 0.0758. The molecule has 1 fully saturated rings. The summed E-state index contributed by atoms with van der Waals surface area (Å²) in [5.41, 5.74) is 7.58. The number of hydrogen-bond acceptors (Lipinski definition) is 4. The number of carbonyl (C=O) groups is 1. The van der Waals surface area contributed by atoms with Gasteiger partial charge in [-0.2, -0.15) is 5.10 Å². The van der Waals surface area contributed by atoms with Crippen LogP contribution in [0, 0.1) is 5.92 Å². The van der Waals surface area contributed by atoms with Gasteiger partial charge in [-0.25, -0.2) is 0 Å². The number of hydrogen-bond donors (Lipinski definition) is 3. The molecule has 1 aliphatic heterocycles. The molecule has 0 saturated carbocycles. The molecule has 1 aromatic heterocycles. The molecule has 2 heterocycles. The van der Waals surface area contributed by atoms with Gasteiger partial charge in [0.15, 0.2) is 5.69 Å². The predicted octanol–water partition coefficient (Wildman–Crippen LogP) is 0.988.